The van der Waals surface area contributed by atoms with Crippen LogP contribution in [0.25, 0.3) is 0 Å². The van der Waals surface area contributed by atoms with Gasteiger partial charge in [0.05, 0.1) is 11.4 Å². The molecule has 2 unspecified atom stereocenters. The molecule has 1 N–H and O–H groups in total. The van der Waals surface area contributed by atoms with Crippen LogP contribution in [0.3, 0.4) is 0 Å². The third-order valence-corrected chi connectivity index (χ3v) is 4.37. The normalized spacial score (nSPS) is 23.4. The van der Waals surface area contributed by atoms with Gasteiger partial charge in [-0.3, -0.25) is 9.58 Å². The summed E-state index contributed by atoms with van der Waals surface area (Å²) < 4.78 is 2.00. The molecule has 1 aromatic heterocycles. The molecule has 2 atom stereocenters. The van der Waals surface area contributed by atoms with Crippen molar-refractivity contribution in [3.8, 4) is 0 Å². The molecule has 21 heavy (non-hydrogen) atoms. The summed E-state index contributed by atoms with van der Waals surface area (Å²) in [6, 6.07) is 13.9. The molecule has 0 amide bonds. The van der Waals surface area contributed by atoms with Gasteiger partial charge in [-0.25, -0.2) is 0 Å². The molecule has 1 aliphatic heterocycles. The number of benzene rings is 1. The van der Waals surface area contributed by atoms with E-state index in [-0.39, 0.29) is 0 Å². The Labute approximate surface area is 126 Å². The lowest BCUT2D eigenvalue weighted by Crippen LogP contribution is -2.51. The van der Waals surface area contributed by atoms with Crippen LogP contribution < -0.4 is 5.32 Å². The number of hydrogen-bond acceptors (Lipinski definition) is 3. The highest BCUT2D eigenvalue weighted by Crippen LogP contribution is 2.21. The molecule has 2 heterocycles. The molecule has 1 aromatic carbocycles. The Balaban J connectivity index is 1.73. The van der Waals surface area contributed by atoms with Crippen LogP contribution in [-0.2, 0) is 13.6 Å². The van der Waals surface area contributed by atoms with Crippen molar-refractivity contribution in [2.75, 3.05) is 13.1 Å². The summed E-state index contributed by atoms with van der Waals surface area (Å²) in [5.41, 5.74) is 3.75. The average Bonchev–Trinajstić information content (AvgIpc) is 2.80. The standard InChI is InChI=1S/C17H24N4/c1-13-9-16(20(3)19-13)11-21-12-17(18-10-14(21)2)15-7-5-4-6-8-15/h4-9,14,17-18H,10-12H2,1-3H3. The van der Waals surface area contributed by atoms with Crippen LogP contribution >= 0.6 is 0 Å². The maximum absolute atomic E-state index is 4.45. The molecule has 4 nitrogen and oxygen atoms in total. The van der Waals surface area contributed by atoms with Crippen LogP contribution in [0.1, 0.15) is 29.9 Å². The highest BCUT2D eigenvalue weighted by Gasteiger charge is 2.26. The molecule has 1 aliphatic rings. The Bertz CT molecular complexity index is 590. The second kappa shape index (κ2) is 6.00. The number of piperazine rings is 1. The van der Waals surface area contributed by atoms with Gasteiger partial charge in [-0.05, 0) is 25.5 Å². The number of hydrogen-bond donors (Lipinski definition) is 1. The van der Waals surface area contributed by atoms with Crippen molar-refractivity contribution >= 4 is 0 Å². The Morgan fingerprint density at radius 1 is 1.29 bits per heavy atom. The molecule has 0 radical (unpaired) electrons. The fourth-order valence-corrected chi connectivity index (χ4v) is 3.07. The maximum atomic E-state index is 4.45. The van der Waals surface area contributed by atoms with E-state index in [1.165, 1.54) is 11.3 Å². The molecule has 112 valence electrons. The van der Waals surface area contributed by atoms with Crippen molar-refractivity contribution < 1.29 is 0 Å². The second-order valence-electron chi connectivity index (χ2n) is 6.05. The fraction of sp³-hybridized carbons (Fsp3) is 0.471. The van der Waals surface area contributed by atoms with Gasteiger partial charge in [-0.15, -0.1) is 0 Å². The van der Waals surface area contributed by atoms with Gasteiger partial charge in [0.2, 0.25) is 0 Å². The van der Waals surface area contributed by atoms with Gasteiger partial charge in [0.15, 0.2) is 0 Å². The van der Waals surface area contributed by atoms with Crippen molar-refractivity contribution in [3.05, 3.63) is 53.3 Å². The summed E-state index contributed by atoms with van der Waals surface area (Å²) >= 11 is 0. The fourth-order valence-electron chi connectivity index (χ4n) is 3.07. The molecule has 2 aromatic rings. The molecule has 1 saturated heterocycles. The maximum Gasteiger partial charge on any atom is 0.0597 e. The minimum Gasteiger partial charge on any atom is -0.307 e. The molecule has 0 spiro atoms. The Morgan fingerprint density at radius 3 is 2.71 bits per heavy atom. The van der Waals surface area contributed by atoms with Gasteiger partial charge in [0.1, 0.15) is 0 Å². The van der Waals surface area contributed by atoms with Gasteiger partial charge in [-0.1, -0.05) is 30.3 Å². The molecular formula is C17H24N4. The smallest absolute Gasteiger partial charge is 0.0597 e. The van der Waals surface area contributed by atoms with E-state index in [1.54, 1.807) is 0 Å². The quantitative estimate of drug-likeness (QED) is 0.938. The Hall–Kier alpha value is -1.65. The van der Waals surface area contributed by atoms with Gasteiger partial charge in [0, 0.05) is 38.8 Å². The van der Waals surface area contributed by atoms with E-state index in [1.807, 2.05) is 11.7 Å². The van der Waals surface area contributed by atoms with Crippen LogP contribution in [-0.4, -0.2) is 33.8 Å². The van der Waals surface area contributed by atoms with E-state index >= 15 is 0 Å². The highest BCUT2D eigenvalue weighted by molar-refractivity contribution is 5.20. The molecule has 0 aliphatic carbocycles. The number of aryl methyl sites for hydroxylation is 2. The van der Waals surface area contributed by atoms with E-state index in [0.717, 1.165) is 25.3 Å². The predicted molar refractivity (Wildman–Crippen MR) is 85.0 cm³/mol. The monoisotopic (exact) mass is 284 g/mol. The lowest BCUT2D eigenvalue weighted by molar-refractivity contribution is 0.130. The first-order valence-electron chi connectivity index (χ1n) is 7.65. The SMILES string of the molecule is Cc1cc(CN2CC(c3ccccc3)NCC2C)n(C)n1. The Kier molecular flexibility index (Phi) is 4.08. The summed E-state index contributed by atoms with van der Waals surface area (Å²) in [6.07, 6.45) is 0. The highest BCUT2D eigenvalue weighted by atomic mass is 15.3. The zero-order chi connectivity index (χ0) is 14.8. The number of nitrogens with one attached hydrogen (secondary N) is 1. The van der Waals surface area contributed by atoms with E-state index in [0.29, 0.717) is 12.1 Å². The first-order valence-corrected chi connectivity index (χ1v) is 7.65. The third-order valence-electron chi connectivity index (χ3n) is 4.37. The molecular weight excluding hydrogens is 260 g/mol. The first-order chi connectivity index (χ1) is 10.1. The van der Waals surface area contributed by atoms with E-state index in [9.17, 15) is 0 Å². The van der Waals surface area contributed by atoms with Crippen LogP contribution in [0.4, 0.5) is 0 Å². The summed E-state index contributed by atoms with van der Waals surface area (Å²) in [5.74, 6) is 0. The summed E-state index contributed by atoms with van der Waals surface area (Å²) in [7, 11) is 2.03. The zero-order valence-corrected chi connectivity index (χ0v) is 13.1. The topological polar surface area (TPSA) is 33.1 Å². The van der Waals surface area contributed by atoms with Crippen LogP contribution in [0.5, 0.6) is 0 Å². The minimum atomic E-state index is 0.414. The second-order valence-corrected chi connectivity index (χ2v) is 6.05. The van der Waals surface area contributed by atoms with Crippen LogP contribution in [0.2, 0.25) is 0 Å². The molecule has 4 heteroatoms. The first kappa shape index (κ1) is 14.3. The van der Waals surface area contributed by atoms with Gasteiger partial charge >= 0.3 is 0 Å². The lowest BCUT2D eigenvalue weighted by atomic mass is 10.0. The minimum absolute atomic E-state index is 0.414. The lowest BCUT2D eigenvalue weighted by Gasteiger charge is -2.39. The third kappa shape index (κ3) is 3.17. The largest absolute Gasteiger partial charge is 0.307 e. The number of nitrogens with zero attached hydrogens (tertiary/aromatic N) is 3. The van der Waals surface area contributed by atoms with Crippen molar-refractivity contribution in [1.29, 1.82) is 0 Å². The van der Waals surface area contributed by atoms with E-state index < -0.39 is 0 Å². The number of rotatable bonds is 3. The molecule has 3 rings (SSSR count). The summed E-state index contributed by atoms with van der Waals surface area (Å²) in [5, 5.41) is 8.11. The van der Waals surface area contributed by atoms with Crippen molar-refractivity contribution in [2.45, 2.75) is 32.5 Å². The van der Waals surface area contributed by atoms with Crippen LogP contribution in [0.15, 0.2) is 36.4 Å². The van der Waals surface area contributed by atoms with E-state index in [4.69, 9.17) is 0 Å². The van der Waals surface area contributed by atoms with Crippen LogP contribution in [0, 0.1) is 6.92 Å². The van der Waals surface area contributed by atoms with Crippen molar-refractivity contribution in [2.24, 2.45) is 7.05 Å². The van der Waals surface area contributed by atoms with Crippen molar-refractivity contribution in [1.82, 2.24) is 20.0 Å². The number of aromatic nitrogens is 2. The van der Waals surface area contributed by atoms with E-state index in [2.05, 4.69) is 65.6 Å². The zero-order valence-electron chi connectivity index (χ0n) is 13.1. The van der Waals surface area contributed by atoms with Crippen molar-refractivity contribution in [3.63, 3.8) is 0 Å². The molecule has 0 saturated carbocycles. The summed E-state index contributed by atoms with van der Waals surface area (Å²) in [6.45, 7) is 7.37. The van der Waals surface area contributed by atoms with Gasteiger partial charge in [0.25, 0.3) is 0 Å². The van der Waals surface area contributed by atoms with Gasteiger partial charge < -0.3 is 5.32 Å². The Morgan fingerprint density at radius 2 is 2.05 bits per heavy atom. The predicted octanol–water partition coefficient (Wildman–Crippen LogP) is 2.26. The summed E-state index contributed by atoms with van der Waals surface area (Å²) in [4.78, 5) is 2.55. The average molecular weight is 284 g/mol. The molecule has 0 bridgehead atoms. The molecule has 1 fully saturated rings. The van der Waals surface area contributed by atoms with Gasteiger partial charge in [-0.2, -0.15) is 5.10 Å².